The van der Waals surface area contributed by atoms with Gasteiger partial charge in [-0.05, 0) is 62.3 Å². The molecule has 0 unspecified atom stereocenters. The lowest BCUT2D eigenvalue weighted by atomic mass is 9.78. The fourth-order valence-corrected chi connectivity index (χ4v) is 4.68. The summed E-state index contributed by atoms with van der Waals surface area (Å²) in [6.07, 6.45) is 5.48. The van der Waals surface area contributed by atoms with Crippen LogP contribution in [0, 0.1) is 0 Å². The monoisotopic (exact) mass is 417 g/mol. The summed E-state index contributed by atoms with van der Waals surface area (Å²) >= 11 is 1.64. The van der Waals surface area contributed by atoms with E-state index in [4.69, 9.17) is 4.74 Å². The average molecular weight is 418 g/mol. The molecule has 0 spiro atoms. The third-order valence-electron chi connectivity index (χ3n) is 5.56. The molecule has 2 aromatic heterocycles. The Hall–Kier alpha value is -3.03. The van der Waals surface area contributed by atoms with Gasteiger partial charge in [-0.25, -0.2) is 9.97 Å². The van der Waals surface area contributed by atoms with Crippen molar-refractivity contribution >= 4 is 32.4 Å². The maximum Gasteiger partial charge on any atom is 0.241 e. The second-order valence-electron chi connectivity index (χ2n) is 7.76. The SMILES string of the molecule is CC1(c2nccnc2Oc2ccc(Nc3nc4ccccc4s3)cc2)CCNCC1. The van der Waals surface area contributed by atoms with E-state index < -0.39 is 0 Å². The number of aromatic nitrogens is 3. The first kappa shape index (κ1) is 19.0. The van der Waals surface area contributed by atoms with Crippen molar-refractivity contribution in [2.45, 2.75) is 25.2 Å². The summed E-state index contributed by atoms with van der Waals surface area (Å²) in [7, 11) is 0. The lowest BCUT2D eigenvalue weighted by molar-refractivity contribution is 0.312. The highest BCUT2D eigenvalue weighted by Crippen LogP contribution is 2.37. The molecule has 152 valence electrons. The van der Waals surface area contributed by atoms with Crippen LogP contribution in [0.25, 0.3) is 10.2 Å². The fraction of sp³-hybridized carbons (Fsp3) is 0.261. The number of thiazole rings is 1. The van der Waals surface area contributed by atoms with Crippen LogP contribution >= 0.6 is 11.3 Å². The van der Waals surface area contributed by atoms with Gasteiger partial charge in [-0.3, -0.25) is 4.98 Å². The molecule has 7 heteroatoms. The van der Waals surface area contributed by atoms with Gasteiger partial charge in [-0.2, -0.15) is 0 Å². The molecule has 0 amide bonds. The van der Waals surface area contributed by atoms with Crippen molar-refractivity contribution < 1.29 is 4.74 Å². The van der Waals surface area contributed by atoms with Crippen LogP contribution < -0.4 is 15.4 Å². The molecule has 3 heterocycles. The largest absolute Gasteiger partial charge is 0.437 e. The number of nitrogens with zero attached hydrogens (tertiary/aromatic N) is 3. The molecule has 1 aliphatic rings. The molecule has 30 heavy (non-hydrogen) atoms. The van der Waals surface area contributed by atoms with Crippen molar-refractivity contribution in [3.05, 3.63) is 66.6 Å². The van der Waals surface area contributed by atoms with Crippen LogP contribution in [0.15, 0.2) is 60.9 Å². The van der Waals surface area contributed by atoms with E-state index in [1.165, 1.54) is 4.70 Å². The Morgan fingerprint density at radius 3 is 2.57 bits per heavy atom. The fourth-order valence-electron chi connectivity index (χ4n) is 3.80. The molecule has 2 N–H and O–H groups in total. The van der Waals surface area contributed by atoms with Crippen LogP contribution in [-0.2, 0) is 5.41 Å². The summed E-state index contributed by atoms with van der Waals surface area (Å²) in [5, 5.41) is 7.66. The van der Waals surface area contributed by atoms with E-state index in [0.29, 0.717) is 5.88 Å². The molecule has 5 rings (SSSR count). The van der Waals surface area contributed by atoms with E-state index in [1.54, 1.807) is 23.7 Å². The maximum absolute atomic E-state index is 6.15. The number of hydrogen-bond acceptors (Lipinski definition) is 7. The molecule has 0 atom stereocenters. The molecule has 1 aliphatic heterocycles. The molecule has 0 saturated carbocycles. The quantitative estimate of drug-likeness (QED) is 0.461. The first-order chi connectivity index (χ1) is 14.7. The Bertz CT molecular complexity index is 1120. The topological polar surface area (TPSA) is 72.0 Å². The normalized spacial score (nSPS) is 15.8. The molecule has 1 saturated heterocycles. The number of anilines is 2. The van der Waals surface area contributed by atoms with Crippen LogP contribution in [0.5, 0.6) is 11.6 Å². The number of fused-ring (bicyclic) bond motifs is 1. The molecule has 4 aromatic rings. The summed E-state index contributed by atoms with van der Waals surface area (Å²) in [4.78, 5) is 13.7. The predicted octanol–water partition coefficient (Wildman–Crippen LogP) is 5.26. The molecular formula is C23H23N5OS. The van der Waals surface area contributed by atoms with Gasteiger partial charge in [0.1, 0.15) is 11.4 Å². The first-order valence-electron chi connectivity index (χ1n) is 10.1. The summed E-state index contributed by atoms with van der Waals surface area (Å²) in [6.45, 7) is 4.22. The Kier molecular flexibility index (Phi) is 5.06. The number of piperidine rings is 1. The summed E-state index contributed by atoms with van der Waals surface area (Å²) in [6, 6.07) is 16.0. The Morgan fingerprint density at radius 1 is 1.00 bits per heavy atom. The number of para-hydroxylation sites is 1. The summed E-state index contributed by atoms with van der Waals surface area (Å²) in [5.74, 6) is 1.33. The smallest absolute Gasteiger partial charge is 0.241 e. The van der Waals surface area contributed by atoms with E-state index in [1.807, 2.05) is 42.5 Å². The summed E-state index contributed by atoms with van der Waals surface area (Å²) in [5.41, 5.74) is 2.88. The highest BCUT2D eigenvalue weighted by molar-refractivity contribution is 7.22. The standard InChI is InChI=1S/C23H23N5OS/c1-23(10-12-24-13-11-23)20-21(26-15-14-25-20)29-17-8-6-16(7-9-17)27-22-28-18-4-2-3-5-19(18)30-22/h2-9,14-15,24H,10-13H2,1H3,(H,27,28). The summed E-state index contributed by atoms with van der Waals surface area (Å²) < 4.78 is 7.31. The van der Waals surface area contributed by atoms with Gasteiger partial charge in [0.15, 0.2) is 5.13 Å². The van der Waals surface area contributed by atoms with Gasteiger partial charge in [-0.15, -0.1) is 0 Å². The van der Waals surface area contributed by atoms with Gasteiger partial charge in [0, 0.05) is 23.5 Å². The Balaban J connectivity index is 1.33. The number of rotatable bonds is 5. The van der Waals surface area contributed by atoms with Crippen LogP contribution in [0.3, 0.4) is 0 Å². The number of hydrogen-bond donors (Lipinski definition) is 2. The second-order valence-corrected chi connectivity index (χ2v) is 8.79. The van der Waals surface area contributed by atoms with Gasteiger partial charge < -0.3 is 15.4 Å². The zero-order valence-corrected chi connectivity index (χ0v) is 17.6. The zero-order chi connectivity index (χ0) is 20.4. The minimum Gasteiger partial charge on any atom is -0.437 e. The van der Waals surface area contributed by atoms with Crippen molar-refractivity contribution in [1.82, 2.24) is 20.3 Å². The third kappa shape index (κ3) is 3.86. The predicted molar refractivity (Wildman–Crippen MR) is 121 cm³/mol. The van der Waals surface area contributed by atoms with Gasteiger partial charge in [-0.1, -0.05) is 30.4 Å². The minimum absolute atomic E-state index is 0.0246. The molecule has 0 radical (unpaired) electrons. The van der Waals surface area contributed by atoms with E-state index in [-0.39, 0.29) is 5.41 Å². The maximum atomic E-state index is 6.15. The zero-order valence-electron chi connectivity index (χ0n) is 16.8. The number of benzene rings is 2. The highest BCUT2D eigenvalue weighted by Gasteiger charge is 2.33. The minimum atomic E-state index is -0.0246. The van der Waals surface area contributed by atoms with Crippen LogP contribution in [-0.4, -0.2) is 28.0 Å². The van der Waals surface area contributed by atoms with Gasteiger partial charge in [0.05, 0.1) is 10.2 Å². The molecular weight excluding hydrogens is 394 g/mol. The lowest BCUT2D eigenvalue weighted by Crippen LogP contribution is -2.38. The van der Waals surface area contributed by atoms with Crippen molar-refractivity contribution in [1.29, 1.82) is 0 Å². The van der Waals surface area contributed by atoms with Gasteiger partial charge >= 0.3 is 0 Å². The average Bonchev–Trinajstić information content (AvgIpc) is 3.18. The van der Waals surface area contributed by atoms with Crippen LogP contribution in [0.1, 0.15) is 25.5 Å². The molecule has 1 fully saturated rings. The van der Waals surface area contributed by atoms with Crippen LogP contribution in [0.4, 0.5) is 10.8 Å². The van der Waals surface area contributed by atoms with E-state index in [0.717, 1.165) is 53.7 Å². The number of ether oxygens (including phenoxy) is 1. The van der Waals surface area contributed by atoms with Crippen LogP contribution in [0.2, 0.25) is 0 Å². The Morgan fingerprint density at radius 2 is 1.77 bits per heavy atom. The van der Waals surface area contributed by atoms with Crippen molar-refractivity contribution in [3.8, 4) is 11.6 Å². The van der Waals surface area contributed by atoms with Crippen molar-refractivity contribution in [3.63, 3.8) is 0 Å². The molecule has 0 bridgehead atoms. The van der Waals surface area contributed by atoms with E-state index >= 15 is 0 Å². The van der Waals surface area contributed by atoms with E-state index in [9.17, 15) is 0 Å². The van der Waals surface area contributed by atoms with Gasteiger partial charge in [0.25, 0.3) is 0 Å². The first-order valence-corrected chi connectivity index (χ1v) is 10.9. The van der Waals surface area contributed by atoms with Gasteiger partial charge in [0.2, 0.25) is 5.88 Å². The molecule has 6 nitrogen and oxygen atoms in total. The third-order valence-corrected chi connectivity index (χ3v) is 6.51. The van der Waals surface area contributed by atoms with Crippen molar-refractivity contribution in [2.24, 2.45) is 0 Å². The number of nitrogens with one attached hydrogen (secondary N) is 2. The molecule has 0 aliphatic carbocycles. The highest BCUT2D eigenvalue weighted by atomic mass is 32.1. The lowest BCUT2D eigenvalue weighted by Gasteiger charge is -2.33. The Labute approximate surface area is 179 Å². The molecule has 2 aromatic carbocycles. The van der Waals surface area contributed by atoms with E-state index in [2.05, 4.69) is 38.6 Å². The van der Waals surface area contributed by atoms with Crippen molar-refractivity contribution in [2.75, 3.05) is 18.4 Å². The second kappa shape index (κ2) is 8.01.